The lowest BCUT2D eigenvalue weighted by Gasteiger charge is -2.37. The molecule has 1 aromatic carbocycles. The lowest BCUT2D eigenvalue weighted by Crippen LogP contribution is -2.51. The van der Waals surface area contributed by atoms with E-state index in [-0.39, 0.29) is 44.2 Å². The first kappa shape index (κ1) is 21.5. The lowest BCUT2D eigenvalue weighted by atomic mass is 10.1. The maximum atomic E-state index is 13.5. The van der Waals surface area contributed by atoms with Crippen LogP contribution >= 0.6 is 0 Å². The van der Waals surface area contributed by atoms with E-state index in [0.717, 1.165) is 6.42 Å². The van der Waals surface area contributed by atoms with E-state index >= 15 is 0 Å². The summed E-state index contributed by atoms with van der Waals surface area (Å²) < 4.78 is 27.1. The molecule has 1 unspecified atom stereocenters. The van der Waals surface area contributed by atoms with Crippen molar-refractivity contribution in [1.82, 2.24) is 10.2 Å². The molecule has 1 aliphatic carbocycles. The summed E-state index contributed by atoms with van der Waals surface area (Å²) in [5.74, 6) is -2.53. The number of nitrogens with zero attached hydrogens (tertiary/aromatic N) is 2. The summed E-state index contributed by atoms with van der Waals surface area (Å²) in [6, 6.07) is 3.99. The highest BCUT2D eigenvalue weighted by Crippen LogP contribution is 2.35. The molecular formula is C22H28F2N4O3. The van der Waals surface area contributed by atoms with Gasteiger partial charge in [-0.25, -0.2) is 13.6 Å². The first-order valence-corrected chi connectivity index (χ1v) is 10.9. The second kappa shape index (κ2) is 8.43. The van der Waals surface area contributed by atoms with Crippen molar-refractivity contribution in [3.05, 3.63) is 23.8 Å². The molecule has 1 aromatic rings. The fourth-order valence-corrected chi connectivity index (χ4v) is 4.15. The minimum Gasteiger partial charge on any atom is -0.352 e. The van der Waals surface area contributed by atoms with Gasteiger partial charge in [0.2, 0.25) is 5.91 Å². The molecule has 31 heavy (non-hydrogen) atoms. The van der Waals surface area contributed by atoms with Crippen molar-refractivity contribution in [2.75, 3.05) is 29.9 Å². The van der Waals surface area contributed by atoms with Gasteiger partial charge in [-0.3, -0.25) is 14.5 Å². The largest absolute Gasteiger partial charge is 0.352 e. The predicted octanol–water partition coefficient (Wildman–Crippen LogP) is 3.60. The Morgan fingerprint density at radius 2 is 1.94 bits per heavy atom. The second-order valence-corrected chi connectivity index (χ2v) is 8.82. The van der Waals surface area contributed by atoms with Crippen LogP contribution in [-0.2, 0) is 4.79 Å². The van der Waals surface area contributed by atoms with Crippen molar-refractivity contribution in [3.8, 4) is 0 Å². The number of hydrogen-bond acceptors (Lipinski definition) is 3. The number of piperidine rings is 1. The maximum Gasteiger partial charge on any atom is 0.324 e. The van der Waals surface area contributed by atoms with Crippen LogP contribution in [0.25, 0.3) is 0 Å². The molecule has 4 amide bonds. The van der Waals surface area contributed by atoms with Crippen LogP contribution in [0.4, 0.5) is 25.0 Å². The van der Waals surface area contributed by atoms with E-state index in [2.05, 4.69) is 10.6 Å². The topological polar surface area (TPSA) is 81.8 Å². The van der Waals surface area contributed by atoms with Crippen LogP contribution in [-0.4, -0.2) is 54.3 Å². The molecule has 2 heterocycles. The molecule has 1 atom stereocenters. The number of nitrogens with one attached hydrogen (secondary N) is 2. The van der Waals surface area contributed by atoms with Crippen LogP contribution in [0.3, 0.4) is 0 Å². The number of amides is 4. The minimum absolute atomic E-state index is 0.0345. The number of alkyl halides is 2. The van der Waals surface area contributed by atoms with E-state index in [0.29, 0.717) is 29.4 Å². The van der Waals surface area contributed by atoms with E-state index in [9.17, 15) is 23.2 Å². The van der Waals surface area contributed by atoms with Crippen molar-refractivity contribution >= 4 is 29.2 Å². The smallest absolute Gasteiger partial charge is 0.324 e. The minimum atomic E-state index is -2.75. The van der Waals surface area contributed by atoms with E-state index in [1.807, 2.05) is 0 Å². The molecule has 0 spiro atoms. The van der Waals surface area contributed by atoms with E-state index in [4.69, 9.17) is 0 Å². The van der Waals surface area contributed by atoms with E-state index < -0.39 is 18.0 Å². The second-order valence-electron chi connectivity index (χ2n) is 8.82. The highest BCUT2D eigenvalue weighted by Gasteiger charge is 2.39. The molecule has 0 aromatic heterocycles. The Balaban J connectivity index is 1.54. The van der Waals surface area contributed by atoms with Gasteiger partial charge in [-0.1, -0.05) is 12.8 Å². The molecule has 2 aliphatic heterocycles. The quantitative estimate of drug-likeness (QED) is 0.760. The Hall–Kier alpha value is -2.71. The Morgan fingerprint density at radius 3 is 2.61 bits per heavy atom. The fourth-order valence-electron chi connectivity index (χ4n) is 4.15. The van der Waals surface area contributed by atoms with Crippen molar-refractivity contribution in [1.29, 1.82) is 0 Å². The Kier molecular flexibility index (Phi) is 5.85. The van der Waals surface area contributed by atoms with Crippen molar-refractivity contribution < 1.29 is 23.2 Å². The summed E-state index contributed by atoms with van der Waals surface area (Å²) in [6.07, 6.45) is 2.74. The van der Waals surface area contributed by atoms with Crippen LogP contribution in [0.2, 0.25) is 0 Å². The number of anilines is 2. The molecule has 1 saturated heterocycles. The molecule has 2 fully saturated rings. The summed E-state index contributed by atoms with van der Waals surface area (Å²) in [5.41, 5.74) is 1.24. The Bertz CT molecular complexity index is 878. The number of rotatable bonds is 4. The average molecular weight is 434 g/mol. The Morgan fingerprint density at radius 1 is 1.23 bits per heavy atom. The molecule has 0 bridgehead atoms. The van der Waals surface area contributed by atoms with Gasteiger partial charge in [0.15, 0.2) is 0 Å². The number of carbonyl (C=O) groups is 3. The van der Waals surface area contributed by atoms with Gasteiger partial charge in [0.05, 0.1) is 11.4 Å². The molecule has 1 saturated carbocycles. The van der Waals surface area contributed by atoms with Gasteiger partial charge in [-0.05, 0) is 37.5 Å². The van der Waals surface area contributed by atoms with Gasteiger partial charge in [0, 0.05) is 50.5 Å². The zero-order chi connectivity index (χ0) is 22.2. The van der Waals surface area contributed by atoms with E-state index in [1.54, 1.807) is 25.1 Å². The highest BCUT2D eigenvalue weighted by atomic mass is 19.3. The van der Waals surface area contributed by atoms with Gasteiger partial charge < -0.3 is 15.5 Å². The zero-order valence-corrected chi connectivity index (χ0v) is 17.6. The number of likely N-dealkylation sites (tertiary alicyclic amines) is 1. The van der Waals surface area contributed by atoms with Gasteiger partial charge >= 0.3 is 6.03 Å². The Labute approximate surface area is 180 Å². The predicted molar refractivity (Wildman–Crippen MR) is 112 cm³/mol. The van der Waals surface area contributed by atoms with Crippen molar-refractivity contribution in [2.45, 2.75) is 57.4 Å². The van der Waals surface area contributed by atoms with Crippen molar-refractivity contribution in [3.63, 3.8) is 0 Å². The molecule has 7 nitrogen and oxygen atoms in total. The molecule has 168 valence electrons. The molecule has 2 N–H and O–H groups in total. The number of fused-ring (bicyclic) bond motifs is 1. The third kappa shape index (κ3) is 4.97. The lowest BCUT2D eigenvalue weighted by molar-refractivity contribution is -0.116. The average Bonchev–Trinajstić information content (AvgIpc) is 3.53. The third-order valence-electron chi connectivity index (χ3n) is 6.22. The summed E-state index contributed by atoms with van der Waals surface area (Å²) in [4.78, 5) is 41.0. The van der Waals surface area contributed by atoms with Crippen molar-refractivity contribution in [2.24, 2.45) is 5.92 Å². The monoisotopic (exact) mass is 434 g/mol. The SMILES string of the molecule is CC1CC(=O)Nc2cc(C(=O)NCCC3CC3)ccc2N1C(=O)N1CCC(F)(F)CC1. The number of hydrogen-bond donors (Lipinski definition) is 2. The number of urea groups is 1. The first-order valence-electron chi connectivity index (χ1n) is 10.9. The molecule has 9 heteroatoms. The summed E-state index contributed by atoms with van der Waals surface area (Å²) in [6.45, 7) is 2.29. The van der Waals surface area contributed by atoms with E-state index in [1.165, 1.54) is 22.6 Å². The highest BCUT2D eigenvalue weighted by molar-refractivity contribution is 6.06. The van der Waals surface area contributed by atoms with Crippen LogP contribution in [0.5, 0.6) is 0 Å². The molecule has 0 radical (unpaired) electrons. The zero-order valence-electron chi connectivity index (χ0n) is 17.6. The van der Waals surface area contributed by atoms with Crippen LogP contribution in [0.1, 0.15) is 55.8 Å². The summed E-state index contributed by atoms with van der Waals surface area (Å²) in [7, 11) is 0. The maximum absolute atomic E-state index is 13.5. The van der Waals surface area contributed by atoms with Crippen LogP contribution in [0.15, 0.2) is 18.2 Å². The summed E-state index contributed by atoms with van der Waals surface area (Å²) in [5, 5.41) is 5.68. The number of halogens is 2. The van der Waals surface area contributed by atoms with Gasteiger partial charge in [0.1, 0.15) is 0 Å². The fraction of sp³-hybridized carbons (Fsp3) is 0.591. The molecule has 3 aliphatic rings. The normalized spacial score (nSPS) is 22.9. The number of carbonyl (C=O) groups excluding carboxylic acids is 3. The van der Waals surface area contributed by atoms with Gasteiger partial charge in [-0.2, -0.15) is 0 Å². The van der Waals surface area contributed by atoms with Gasteiger partial charge in [0.25, 0.3) is 11.8 Å². The molecule has 4 rings (SSSR count). The van der Waals surface area contributed by atoms with Crippen LogP contribution in [0, 0.1) is 5.92 Å². The van der Waals surface area contributed by atoms with Crippen LogP contribution < -0.4 is 15.5 Å². The first-order chi connectivity index (χ1) is 14.7. The molecular weight excluding hydrogens is 406 g/mol. The standard InChI is InChI=1S/C22H28F2N4O3/c1-14-12-19(29)26-17-13-16(20(30)25-9-6-15-2-3-15)4-5-18(17)28(14)21(31)27-10-7-22(23,24)8-11-27/h4-5,13-15H,2-3,6-12H2,1H3,(H,25,30)(H,26,29). The number of benzene rings is 1. The van der Waals surface area contributed by atoms with Gasteiger partial charge in [-0.15, -0.1) is 0 Å². The summed E-state index contributed by atoms with van der Waals surface area (Å²) >= 11 is 0. The third-order valence-corrected chi connectivity index (χ3v) is 6.22.